The van der Waals surface area contributed by atoms with Gasteiger partial charge >= 0.3 is 0 Å². The van der Waals surface area contributed by atoms with E-state index in [0.29, 0.717) is 5.92 Å². The van der Waals surface area contributed by atoms with E-state index in [9.17, 15) is 0 Å². The van der Waals surface area contributed by atoms with Crippen LogP contribution in [0.1, 0.15) is 41.8 Å². The smallest absolute Gasteiger partial charge is 0.0786 e. The minimum absolute atomic E-state index is 0.645. The van der Waals surface area contributed by atoms with Crippen molar-refractivity contribution < 1.29 is 0 Å². The number of pyridine rings is 1. The summed E-state index contributed by atoms with van der Waals surface area (Å²) in [5, 5.41) is 2.56. The molecule has 1 aliphatic carbocycles. The van der Waals surface area contributed by atoms with E-state index < -0.39 is 0 Å². The molecule has 1 heterocycles. The molecule has 0 saturated carbocycles. The van der Waals surface area contributed by atoms with E-state index in [1.165, 1.54) is 49.7 Å². The van der Waals surface area contributed by atoms with Crippen molar-refractivity contribution in [2.75, 3.05) is 0 Å². The van der Waals surface area contributed by atoms with Gasteiger partial charge in [-0.15, -0.1) is 0 Å². The lowest BCUT2D eigenvalue weighted by Gasteiger charge is -2.15. The van der Waals surface area contributed by atoms with Gasteiger partial charge in [0.1, 0.15) is 0 Å². The number of rotatable bonds is 3. The first-order valence-corrected chi connectivity index (χ1v) is 10.6. The summed E-state index contributed by atoms with van der Waals surface area (Å²) in [4.78, 5) is 5.07. The Morgan fingerprint density at radius 1 is 0.862 bits per heavy atom. The molecule has 5 rings (SSSR count). The quantitative estimate of drug-likeness (QED) is 0.322. The van der Waals surface area contributed by atoms with Crippen molar-refractivity contribution in [3.8, 4) is 22.4 Å². The van der Waals surface area contributed by atoms with Crippen LogP contribution < -0.4 is 0 Å². The first kappa shape index (κ1) is 18.1. The molecule has 0 saturated heterocycles. The maximum Gasteiger partial charge on any atom is 0.0786 e. The minimum atomic E-state index is 0.645. The first-order chi connectivity index (χ1) is 14.0. The lowest BCUT2D eigenvalue weighted by molar-refractivity contribution is 0.648. The summed E-state index contributed by atoms with van der Waals surface area (Å²) in [6.07, 6.45) is 2.09. The molecule has 0 spiro atoms. The summed E-state index contributed by atoms with van der Waals surface area (Å²) >= 11 is 0. The molecule has 0 amide bonds. The molecule has 1 heteroatoms. The first-order valence-electron chi connectivity index (χ1n) is 10.6. The van der Waals surface area contributed by atoms with Crippen LogP contribution in [0, 0.1) is 19.8 Å². The molecule has 3 aromatic carbocycles. The zero-order valence-corrected chi connectivity index (χ0v) is 17.7. The Morgan fingerprint density at radius 3 is 2.48 bits per heavy atom. The van der Waals surface area contributed by atoms with Gasteiger partial charge in [-0.25, -0.2) is 0 Å². The molecule has 1 aliphatic rings. The standard InChI is InChI=1S/C28H27N/c1-17(2)11-20-9-10-22-14-19(4)29-28(24(22)15-20)27-13-18(3)12-25-23-8-6-5-7-21(23)16-26(25)27/h5-10,12-15,17H,11,16H2,1-4H3. The highest BCUT2D eigenvalue weighted by molar-refractivity contribution is 5.98. The fraction of sp³-hybridized carbons (Fsp3) is 0.250. The zero-order valence-electron chi connectivity index (χ0n) is 17.7. The fourth-order valence-corrected chi connectivity index (χ4v) is 4.82. The number of hydrogen-bond donors (Lipinski definition) is 0. The van der Waals surface area contributed by atoms with Gasteiger partial charge in [0.05, 0.1) is 5.69 Å². The number of aromatic nitrogens is 1. The lowest BCUT2D eigenvalue weighted by atomic mass is 9.92. The van der Waals surface area contributed by atoms with E-state index in [-0.39, 0.29) is 0 Å². The van der Waals surface area contributed by atoms with Gasteiger partial charge in [-0.3, -0.25) is 4.98 Å². The van der Waals surface area contributed by atoms with E-state index in [2.05, 4.69) is 88.4 Å². The molecule has 0 fully saturated rings. The van der Waals surface area contributed by atoms with Crippen molar-refractivity contribution in [1.29, 1.82) is 0 Å². The third-order valence-electron chi connectivity index (χ3n) is 5.99. The van der Waals surface area contributed by atoms with E-state index in [1.807, 2.05) is 0 Å². The Bertz CT molecular complexity index is 1250. The molecule has 0 aliphatic heterocycles. The molecule has 0 unspecified atom stereocenters. The third-order valence-corrected chi connectivity index (χ3v) is 5.99. The molecule has 0 bridgehead atoms. The van der Waals surface area contributed by atoms with Gasteiger partial charge in [0.15, 0.2) is 0 Å². The van der Waals surface area contributed by atoms with E-state index >= 15 is 0 Å². The Balaban J connectivity index is 1.77. The molecule has 1 nitrogen and oxygen atoms in total. The predicted octanol–water partition coefficient (Wildman–Crippen LogP) is 7.29. The van der Waals surface area contributed by atoms with Crippen LogP contribution in [0.3, 0.4) is 0 Å². The van der Waals surface area contributed by atoms with Gasteiger partial charge in [0.25, 0.3) is 0 Å². The molecule has 0 N–H and O–H groups in total. The number of benzene rings is 3. The largest absolute Gasteiger partial charge is 0.252 e. The summed E-state index contributed by atoms with van der Waals surface area (Å²) in [6, 6.07) is 22.6. The minimum Gasteiger partial charge on any atom is -0.252 e. The third kappa shape index (κ3) is 3.15. The summed E-state index contributed by atoms with van der Waals surface area (Å²) in [5.41, 5.74) is 11.8. The van der Waals surface area contributed by atoms with Gasteiger partial charge in [0.2, 0.25) is 0 Å². The number of aryl methyl sites for hydroxylation is 2. The van der Waals surface area contributed by atoms with Crippen molar-refractivity contribution in [2.24, 2.45) is 5.92 Å². The fourth-order valence-electron chi connectivity index (χ4n) is 4.82. The van der Waals surface area contributed by atoms with Crippen molar-refractivity contribution in [3.05, 3.63) is 88.6 Å². The molecule has 0 radical (unpaired) electrons. The molecule has 4 aromatic rings. The van der Waals surface area contributed by atoms with Crippen molar-refractivity contribution in [1.82, 2.24) is 4.98 Å². The second kappa shape index (κ2) is 6.84. The maximum atomic E-state index is 5.07. The predicted molar refractivity (Wildman–Crippen MR) is 123 cm³/mol. The van der Waals surface area contributed by atoms with Crippen LogP contribution in [0.4, 0.5) is 0 Å². The summed E-state index contributed by atoms with van der Waals surface area (Å²) in [5.74, 6) is 0.645. The molecule has 0 atom stereocenters. The highest BCUT2D eigenvalue weighted by Crippen LogP contribution is 2.43. The second-order valence-electron chi connectivity index (χ2n) is 8.94. The van der Waals surface area contributed by atoms with Gasteiger partial charge in [0, 0.05) is 16.6 Å². The Morgan fingerprint density at radius 2 is 1.66 bits per heavy atom. The highest BCUT2D eigenvalue weighted by Gasteiger charge is 2.23. The molecular formula is C28H27N. The van der Waals surface area contributed by atoms with Crippen LogP contribution in [0.15, 0.2) is 60.7 Å². The average Bonchev–Trinajstić information content (AvgIpc) is 3.05. The SMILES string of the molecule is Cc1cc2c(c(-c3nc(C)cc4ccc(CC(C)C)cc34)c1)Cc1ccccc1-2. The number of hydrogen-bond acceptors (Lipinski definition) is 1. The van der Waals surface area contributed by atoms with Crippen LogP contribution in [-0.4, -0.2) is 4.98 Å². The second-order valence-corrected chi connectivity index (χ2v) is 8.94. The van der Waals surface area contributed by atoms with Crippen molar-refractivity contribution >= 4 is 10.8 Å². The summed E-state index contributed by atoms with van der Waals surface area (Å²) in [7, 11) is 0. The van der Waals surface area contributed by atoms with Crippen LogP contribution in [0.2, 0.25) is 0 Å². The average molecular weight is 378 g/mol. The molecular weight excluding hydrogens is 350 g/mol. The Hall–Kier alpha value is -2.93. The van der Waals surface area contributed by atoms with Crippen LogP contribution >= 0.6 is 0 Å². The summed E-state index contributed by atoms with van der Waals surface area (Å²) in [6.45, 7) is 8.87. The van der Waals surface area contributed by atoms with Crippen molar-refractivity contribution in [2.45, 2.75) is 40.5 Å². The Kier molecular flexibility index (Phi) is 4.28. The highest BCUT2D eigenvalue weighted by atomic mass is 14.7. The monoisotopic (exact) mass is 377 g/mol. The van der Waals surface area contributed by atoms with E-state index in [1.54, 1.807) is 0 Å². The number of nitrogens with zero attached hydrogens (tertiary/aromatic N) is 1. The molecule has 144 valence electrons. The van der Waals surface area contributed by atoms with Crippen LogP contribution in [-0.2, 0) is 12.8 Å². The normalized spacial score (nSPS) is 12.4. The van der Waals surface area contributed by atoms with Crippen LogP contribution in [0.5, 0.6) is 0 Å². The summed E-state index contributed by atoms with van der Waals surface area (Å²) < 4.78 is 0. The number of fused-ring (bicyclic) bond motifs is 4. The van der Waals surface area contributed by atoms with Crippen LogP contribution in [0.25, 0.3) is 33.2 Å². The maximum absolute atomic E-state index is 5.07. The zero-order chi connectivity index (χ0) is 20.1. The van der Waals surface area contributed by atoms with Gasteiger partial charge in [-0.05, 0) is 89.6 Å². The van der Waals surface area contributed by atoms with Gasteiger partial charge in [-0.1, -0.05) is 56.3 Å². The topological polar surface area (TPSA) is 12.9 Å². The van der Waals surface area contributed by atoms with E-state index in [0.717, 1.165) is 24.2 Å². The molecule has 29 heavy (non-hydrogen) atoms. The molecule has 1 aromatic heterocycles. The van der Waals surface area contributed by atoms with Crippen molar-refractivity contribution in [3.63, 3.8) is 0 Å². The lowest BCUT2D eigenvalue weighted by Crippen LogP contribution is -1.98. The Labute approximate surface area is 173 Å². The van der Waals surface area contributed by atoms with Gasteiger partial charge in [-0.2, -0.15) is 0 Å². The van der Waals surface area contributed by atoms with E-state index in [4.69, 9.17) is 4.98 Å². The van der Waals surface area contributed by atoms with Gasteiger partial charge < -0.3 is 0 Å².